The van der Waals surface area contributed by atoms with E-state index in [0.717, 1.165) is 45.6 Å². The fraction of sp³-hybridized carbons (Fsp3) is 0.700. The van der Waals surface area contributed by atoms with E-state index in [0.29, 0.717) is 19.2 Å². The van der Waals surface area contributed by atoms with Crippen molar-refractivity contribution in [2.24, 2.45) is 5.92 Å². The fourth-order valence-electron chi connectivity index (χ4n) is 4.17. The van der Waals surface area contributed by atoms with Crippen LogP contribution >= 0.6 is 0 Å². The van der Waals surface area contributed by atoms with Crippen molar-refractivity contribution in [3.8, 4) is 0 Å². The van der Waals surface area contributed by atoms with Crippen LogP contribution in [-0.4, -0.2) is 73.2 Å². The van der Waals surface area contributed by atoms with E-state index in [1.54, 1.807) is 7.11 Å². The van der Waals surface area contributed by atoms with Crippen molar-refractivity contribution in [2.75, 3.05) is 46.4 Å². The molecule has 3 heterocycles. The molecule has 2 aliphatic heterocycles. The maximum atomic E-state index is 12.3. The zero-order valence-corrected chi connectivity index (χ0v) is 15.9. The molecule has 3 rings (SSSR count). The topological polar surface area (TPSA) is 57.7 Å². The summed E-state index contributed by atoms with van der Waals surface area (Å²) in [6.07, 6.45) is 8.31. The van der Waals surface area contributed by atoms with Gasteiger partial charge in [-0.1, -0.05) is 6.07 Å². The van der Waals surface area contributed by atoms with Gasteiger partial charge in [-0.3, -0.25) is 19.6 Å². The molecule has 1 aromatic rings. The predicted molar refractivity (Wildman–Crippen MR) is 102 cm³/mol. The lowest BCUT2D eigenvalue weighted by molar-refractivity contribution is -0.127. The third kappa shape index (κ3) is 5.50. The van der Waals surface area contributed by atoms with E-state index in [2.05, 4.69) is 26.2 Å². The molecule has 6 nitrogen and oxygen atoms in total. The third-order valence-electron chi connectivity index (χ3n) is 5.63. The molecule has 0 saturated carbocycles. The number of pyridine rings is 1. The summed E-state index contributed by atoms with van der Waals surface area (Å²) in [5.74, 6) is 0.329. The molecule has 0 unspecified atom stereocenters. The molecular weight excluding hydrogens is 328 g/mol. The molecule has 0 spiro atoms. The van der Waals surface area contributed by atoms with E-state index in [-0.39, 0.29) is 11.8 Å². The second-order valence-electron chi connectivity index (χ2n) is 7.49. The number of ether oxygens (including phenoxy) is 1. The average Bonchev–Trinajstić information content (AvgIpc) is 2.69. The number of likely N-dealkylation sites (tertiary alicyclic amines) is 2. The second kappa shape index (κ2) is 10.00. The van der Waals surface area contributed by atoms with Crippen LogP contribution in [0.15, 0.2) is 24.5 Å². The van der Waals surface area contributed by atoms with Crippen molar-refractivity contribution in [1.29, 1.82) is 0 Å². The van der Waals surface area contributed by atoms with Gasteiger partial charge in [0.25, 0.3) is 0 Å². The molecule has 2 saturated heterocycles. The van der Waals surface area contributed by atoms with Gasteiger partial charge in [0, 0.05) is 45.2 Å². The van der Waals surface area contributed by atoms with Crippen molar-refractivity contribution in [3.05, 3.63) is 30.1 Å². The number of nitrogens with one attached hydrogen (secondary N) is 1. The van der Waals surface area contributed by atoms with Crippen LogP contribution in [0.2, 0.25) is 0 Å². The largest absolute Gasteiger partial charge is 0.383 e. The Bertz CT molecular complexity index is 546. The maximum absolute atomic E-state index is 12.3. The van der Waals surface area contributed by atoms with E-state index in [1.807, 2.05) is 18.5 Å². The number of nitrogens with zero attached hydrogens (tertiary/aromatic N) is 3. The van der Waals surface area contributed by atoms with Crippen LogP contribution in [0.25, 0.3) is 0 Å². The maximum Gasteiger partial charge on any atom is 0.224 e. The number of carbonyl (C=O) groups is 1. The van der Waals surface area contributed by atoms with Crippen LogP contribution in [0.1, 0.15) is 31.2 Å². The van der Waals surface area contributed by atoms with Crippen LogP contribution in [0, 0.1) is 5.92 Å². The van der Waals surface area contributed by atoms with Gasteiger partial charge in [0.1, 0.15) is 0 Å². The summed E-state index contributed by atoms with van der Waals surface area (Å²) in [6, 6.07) is 4.78. The lowest BCUT2D eigenvalue weighted by atomic mass is 9.93. The lowest BCUT2D eigenvalue weighted by Crippen LogP contribution is -2.50. The van der Waals surface area contributed by atoms with Gasteiger partial charge in [0.05, 0.1) is 12.5 Å². The minimum Gasteiger partial charge on any atom is -0.383 e. The molecule has 6 heteroatoms. The molecule has 26 heavy (non-hydrogen) atoms. The number of hydrogen-bond acceptors (Lipinski definition) is 5. The summed E-state index contributed by atoms with van der Waals surface area (Å²) >= 11 is 0. The van der Waals surface area contributed by atoms with Crippen molar-refractivity contribution in [3.63, 3.8) is 0 Å². The van der Waals surface area contributed by atoms with Crippen LogP contribution in [0.4, 0.5) is 0 Å². The Morgan fingerprint density at radius 1 is 1.31 bits per heavy atom. The number of carbonyl (C=O) groups excluding carboxylic acids is 1. The quantitative estimate of drug-likeness (QED) is 0.747. The van der Waals surface area contributed by atoms with Gasteiger partial charge in [-0.15, -0.1) is 0 Å². The first kappa shape index (κ1) is 19.3. The number of hydrogen-bond donors (Lipinski definition) is 1. The van der Waals surface area contributed by atoms with Gasteiger partial charge >= 0.3 is 0 Å². The average molecular weight is 361 g/mol. The van der Waals surface area contributed by atoms with E-state index in [4.69, 9.17) is 4.74 Å². The first-order valence-corrected chi connectivity index (χ1v) is 9.88. The SMILES string of the molecule is COCCNC(=O)[C@H]1CCCN(C2CCN(Cc3cccnc3)CC2)C1. The standard InChI is InChI=1S/C20H32N4O2/c1-26-13-9-22-20(25)18-5-3-10-24(16-18)19-6-11-23(12-7-19)15-17-4-2-8-21-14-17/h2,4,8,14,18-19H,3,5-7,9-13,15-16H2,1H3,(H,22,25)/t18-/m0/s1. The zero-order chi connectivity index (χ0) is 18.2. The summed E-state index contributed by atoms with van der Waals surface area (Å²) in [5.41, 5.74) is 1.29. The van der Waals surface area contributed by atoms with Crippen LogP contribution < -0.4 is 5.32 Å². The minimum atomic E-state index is 0.133. The summed E-state index contributed by atoms with van der Waals surface area (Å²) < 4.78 is 5.01. The van der Waals surface area contributed by atoms with Crippen molar-refractivity contribution >= 4 is 5.91 Å². The number of piperidine rings is 2. The van der Waals surface area contributed by atoms with Gasteiger partial charge in [-0.25, -0.2) is 0 Å². The Hall–Kier alpha value is -1.50. The molecule has 2 aliphatic rings. The number of methoxy groups -OCH3 is 1. The molecule has 144 valence electrons. The highest BCUT2D eigenvalue weighted by molar-refractivity contribution is 5.78. The van der Waals surface area contributed by atoms with E-state index >= 15 is 0 Å². The molecule has 1 amide bonds. The van der Waals surface area contributed by atoms with E-state index < -0.39 is 0 Å². The van der Waals surface area contributed by atoms with Crippen molar-refractivity contribution in [1.82, 2.24) is 20.1 Å². The first-order valence-electron chi connectivity index (χ1n) is 9.88. The second-order valence-corrected chi connectivity index (χ2v) is 7.49. The molecule has 1 N–H and O–H groups in total. The van der Waals surface area contributed by atoms with E-state index in [1.165, 1.54) is 18.4 Å². The molecule has 1 aromatic heterocycles. The molecule has 1 atom stereocenters. The number of aromatic nitrogens is 1. The summed E-state index contributed by atoms with van der Waals surface area (Å²) in [4.78, 5) is 21.6. The molecule has 0 radical (unpaired) electrons. The lowest BCUT2D eigenvalue weighted by Gasteiger charge is -2.42. The van der Waals surface area contributed by atoms with Crippen molar-refractivity contribution < 1.29 is 9.53 Å². The summed E-state index contributed by atoms with van der Waals surface area (Å²) in [6.45, 7) is 6.48. The predicted octanol–water partition coefficient (Wildman–Crippen LogP) is 1.52. The molecule has 0 aromatic carbocycles. The fourth-order valence-corrected chi connectivity index (χ4v) is 4.17. The molecular formula is C20H32N4O2. The molecule has 2 fully saturated rings. The normalized spacial score (nSPS) is 23.0. The Kier molecular flexibility index (Phi) is 7.41. The third-order valence-corrected chi connectivity index (χ3v) is 5.63. The van der Waals surface area contributed by atoms with Gasteiger partial charge < -0.3 is 10.1 Å². The number of rotatable bonds is 7. The van der Waals surface area contributed by atoms with Gasteiger partial charge in [0.15, 0.2) is 0 Å². The number of amides is 1. The highest BCUT2D eigenvalue weighted by atomic mass is 16.5. The van der Waals surface area contributed by atoms with Crippen LogP contribution in [0.3, 0.4) is 0 Å². The minimum absolute atomic E-state index is 0.133. The Morgan fingerprint density at radius 3 is 2.88 bits per heavy atom. The van der Waals surface area contributed by atoms with Gasteiger partial charge in [0.2, 0.25) is 5.91 Å². The smallest absolute Gasteiger partial charge is 0.224 e. The monoisotopic (exact) mass is 360 g/mol. The highest BCUT2D eigenvalue weighted by Crippen LogP contribution is 2.24. The highest BCUT2D eigenvalue weighted by Gasteiger charge is 2.31. The first-order chi connectivity index (χ1) is 12.8. The van der Waals surface area contributed by atoms with Gasteiger partial charge in [-0.2, -0.15) is 0 Å². The molecule has 0 bridgehead atoms. The van der Waals surface area contributed by atoms with Crippen LogP contribution in [-0.2, 0) is 16.1 Å². The summed E-state index contributed by atoms with van der Waals surface area (Å²) in [7, 11) is 1.66. The van der Waals surface area contributed by atoms with E-state index in [9.17, 15) is 4.79 Å². The zero-order valence-electron chi connectivity index (χ0n) is 15.9. The summed E-state index contributed by atoms with van der Waals surface area (Å²) in [5, 5.41) is 3.01. The van der Waals surface area contributed by atoms with Gasteiger partial charge in [-0.05, 0) is 56.9 Å². The van der Waals surface area contributed by atoms with Crippen molar-refractivity contribution in [2.45, 2.75) is 38.3 Å². The Labute approximate surface area is 156 Å². The Morgan fingerprint density at radius 2 is 2.15 bits per heavy atom. The van der Waals surface area contributed by atoms with Crippen LogP contribution in [0.5, 0.6) is 0 Å². The molecule has 0 aliphatic carbocycles. The Balaban J connectivity index is 1.43.